The number of hydrogen-bond donors (Lipinski definition) is 1. The Kier molecular flexibility index (Phi) is 6.13. The van der Waals surface area contributed by atoms with Crippen LogP contribution in [0.5, 0.6) is 5.75 Å². The van der Waals surface area contributed by atoms with Crippen molar-refractivity contribution in [1.29, 1.82) is 0 Å². The molecule has 1 aromatic rings. The van der Waals surface area contributed by atoms with Gasteiger partial charge in [-0.25, -0.2) is 10.4 Å². The van der Waals surface area contributed by atoms with Crippen LogP contribution >= 0.6 is 0 Å². The molecule has 0 saturated carbocycles. The summed E-state index contributed by atoms with van der Waals surface area (Å²) in [6.07, 6.45) is 4.15. The maximum Gasteiger partial charge on any atom is 0.154 e. The van der Waals surface area contributed by atoms with E-state index in [1.165, 1.54) is 16.7 Å². The van der Waals surface area contributed by atoms with Gasteiger partial charge in [0.05, 0.1) is 26.4 Å². The number of fused-ring (bicyclic) bond motifs is 1. The minimum atomic E-state index is 0.165. The van der Waals surface area contributed by atoms with Gasteiger partial charge < -0.3 is 14.4 Å². The van der Waals surface area contributed by atoms with Gasteiger partial charge in [0, 0.05) is 44.5 Å². The molecule has 0 spiro atoms. The highest BCUT2D eigenvalue weighted by molar-refractivity contribution is 5.95. The summed E-state index contributed by atoms with van der Waals surface area (Å²) in [5, 5.41) is 2.03. The number of aryl methyl sites for hydroxylation is 1. The average molecular weight is 412 g/mol. The highest BCUT2D eigenvalue weighted by atomic mass is 16.5. The van der Waals surface area contributed by atoms with E-state index in [0.717, 1.165) is 50.3 Å². The summed E-state index contributed by atoms with van der Waals surface area (Å²) < 4.78 is 11.0. The summed E-state index contributed by atoms with van der Waals surface area (Å²) in [7, 11) is 3.82. The van der Waals surface area contributed by atoms with Crippen molar-refractivity contribution in [2.45, 2.75) is 32.9 Å². The van der Waals surface area contributed by atoms with Crippen LogP contribution in [0.15, 0.2) is 41.3 Å². The van der Waals surface area contributed by atoms with E-state index in [-0.39, 0.29) is 6.04 Å². The van der Waals surface area contributed by atoms with Gasteiger partial charge in [0.2, 0.25) is 0 Å². The second-order valence-corrected chi connectivity index (χ2v) is 8.31. The highest BCUT2D eigenvalue weighted by Gasteiger charge is 2.31. The fourth-order valence-corrected chi connectivity index (χ4v) is 4.24. The van der Waals surface area contributed by atoms with Gasteiger partial charge in [-0.3, -0.25) is 9.91 Å². The van der Waals surface area contributed by atoms with Gasteiger partial charge in [-0.2, -0.15) is 0 Å². The Morgan fingerprint density at radius 3 is 2.93 bits per heavy atom. The molecule has 3 heterocycles. The number of hydrazine groups is 1. The van der Waals surface area contributed by atoms with Gasteiger partial charge in [-0.05, 0) is 50.1 Å². The zero-order chi connectivity index (χ0) is 21.3. The molecule has 1 saturated heterocycles. The van der Waals surface area contributed by atoms with Crippen molar-refractivity contribution in [3.8, 4) is 5.75 Å². The number of morpholine rings is 1. The molecule has 3 aliphatic rings. The summed E-state index contributed by atoms with van der Waals surface area (Å²) in [6, 6.07) is 6.85. The molecule has 0 aliphatic carbocycles. The summed E-state index contributed by atoms with van der Waals surface area (Å²) in [5.74, 6) is 2.81. The van der Waals surface area contributed by atoms with Crippen molar-refractivity contribution in [2.24, 2.45) is 4.99 Å². The van der Waals surface area contributed by atoms with Gasteiger partial charge in [0.25, 0.3) is 0 Å². The number of nitrogens with one attached hydrogen (secondary N) is 1. The van der Waals surface area contributed by atoms with Crippen molar-refractivity contribution in [1.82, 2.24) is 20.2 Å². The molecule has 2 atom stereocenters. The smallest absolute Gasteiger partial charge is 0.154 e. The molecule has 7 heteroatoms. The lowest BCUT2D eigenvalue weighted by atomic mass is 9.96. The molecular formula is C23H33N5O2. The lowest BCUT2D eigenvalue weighted by Crippen LogP contribution is -2.47. The van der Waals surface area contributed by atoms with E-state index >= 15 is 0 Å². The van der Waals surface area contributed by atoms with Gasteiger partial charge in [0.1, 0.15) is 11.6 Å². The molecule has 1 aromatic carbocycles. The Hall–Kier alpha value is -2.35. The topological polar surface area (TPSA) is 52.6 Å². The van der Waals surface area contributed by atoms with Crippen LogP contribution in [0.4, 0.5) is 0 Å². The molecule has 0 radical (unpaired) electrons. The number of likely N-dealkylation sites (N-methyl/N-ethyl adjacent to an activating group) is 1. The molecule has 1 N–H and O–H groups in total. The van der Waals surface area contributed by atoms with E-state index in [9.17, 15) is 0 Å². The number of rotatable bonds is 5. The van der Waals surface area contributed by atoms with E-state index in [4.69, 9.17) is 14.5 Å². The van der Waals surface area contributed by atoms with Crippen molar-refractivity contribution >= 4 is 11.4 Å². The monoisotopic (exact) mass is 411 g/mol. The largest absolute Gasteiger partial charge is 0.497 e. The third-order valence-corrected chi connectivity index (χ3v) is 6.18. The number of benzene rings is 1. The third kappa shape index (κ3) is 4.10. The maximum atomic E-state index is 5.55. The minimum absolute atomic E-state index is 0.165. The molecule has 7 nitrogen and oxygen atoms in total. The molecular weight excluding hydrogens is 378 g/mol. The highest BCUT2D eigenvalue weighted by Crippen LogP contribution is 2.35. The molecule has 30 heavy (non-hydrogen) atoms. The third-order valence-electron chi connectivity index (χ3n) is 6.18. The second kappa shape index (κ2) is 8.79. The molecule has 0 bridgehead atoms. The zero-order valence-electron chi connectivity index (χ0n) is 18.7. The average Bonchev–Trinajstić information content (AvgIpc) is 3.08. The first-order valence-electron chi connectivity index (χ1n) is 10.7. The van der Waals surface area contributed by atoms with Crippen LogP contribution in [0.25, 0.3) is 5.57 Å². The fourth-order valence-electron chi connectivity index (χ4n) is 4.24. The van der Waals surface area contributed by atoms with Crippen LogP contribution in [0.2, 0.25) is 0 Å². The summed E-state index contributed by atoms with van der Waals surface area (Å²) in [6.45, 7) is 11.1. The molecule has 4 rings (SSSR count). The Morgan fingerprint density at radius 1 is 1.33 bits per heavy atom. The lowest BCUT2D eigenvalue weighted by Gasteiger charge is -2.35. The van der Waals surface area contributed by atoms with Crippen LogP contribution in [-0.4, -0.2) is 79.7 Å². The van der Waals surface area contributed by atoms with E-state index in [1.54, 1.807) is 7.11 Å². The Labute approximate surface area is 179 Å². The molecule has 0 amide bonds. The molecule has 0 aromatic heterocycles. The number of methoxy groups -OCH3 is 1. The SMILES string of the molecule is COc1ccc(C)c(C2=C3N=C(N(C)CCN4CCOC[C@H]4C)C=CN3NC2C)c1. The maximum absolute atomic E-state index is 5.55. The number of aliphatic imine (C=N–C) groups is 1. The summed E-state index contributed by atoms with van der Waals surface area (Å²) >= 11 is 0. The van der Waals surface area contributed by atoms with Crippen LogP contribution in [0, 0.1) is 6.92 Å². The first-order valence-corrected chi connectivity index (χ1v) is 10.7. The van der Waals surface area contributed by atoms with Gasteiger partial charge >= 0.3 is 0 Å². The Morgan fingerprint density at radius 2 is 2.17 bits per heavy atom. The van der Waals surface area contributed by atoms with E-state index in [1.807, 2.05) is 11.1 Å². The molecule has 1 unspecified atom stereocenters. The predicted octanol–water partition coefficient (Wildman–Crippen LogP) is 2.46. The van der Waals surface area contributed by atoms with Crippen LogP contribution in [0.3, 0.4) is 0 Å². The number of hydrogen-bond acceptors (Lipinski definition) is 7. The van der Waals surface area contributed by atoms with Crippen molar-refractivity contribution in [2.75, 3.05) is 47.0 Å². The van der Waals surface area contributed by atoms with Crippen LogP contribution < -0.4 is 10.2 Å². The molecule has 1 fully saturated rings. The predicted molar refractivity (Wildman–Crippen MR) is 120 cm³/mol. The summed E-state index contributed by atoms with van der Waals surface area (Å²) in [5.41, 5.74) is 7.09. The first-order chi connectivity index (χ1) is 14.5. The van der Waals surface area contributed by atoms with Gasteiger partial charge in [-0.15, -0.1) is 0 Å². The van der Waals surface area contributed by atoms with E-state index in [2.05, 4.69) is 67.5 Å². The van der Waals surface area contributed by atoms with Crippen molar-refractivity contribution in [3.05, 3.63) is 47.4 Å². The minimum Gasteiger partial charge on any atom is -0.497 e. The van der Waals surface area contributed by atoms with Crippen LogP contribution in [-0.2, 0) is 4.74 Å². The fraction of sp³-hybridized carbons (Fsp3) is 0.522. The lowest BCUT2D eigenvalue weighted by molar-refractivity contribution is -0.00137. The number of amidine groups is 1. The first kappa shape index (κ1) is 20.9. The van der Waals surface area contributed by atoms with E-state index < -0.39 is 0 Å². The van der Waals surface area contributed by atoms with Crippen molar-refractivity contribution < 1.29 is 9.47 Å². The zero-order valence-corrected chi connectivity index (χ0v) is 18.7. The number of nitrogens with zero attached hydrogens (tertiary/aromatic N) is 4. The molecule has 162 valence electrons. The van der Waals surface area contributed by atoms with Gasteiger partial charge in [0.15, 0.2) is 5.82 Å². The second-order valence-electron chi connectivity index (χ2n) is 8.31. The quantitative estimate of drug-likeness (QED) is 0.803. The normalized spacial score (nSPS) is 24.2. The van der Waals surface area contributed by atoms with Crippen LogP contribution in [0.1, 0.15) is 25.0 Å². The Balaban J connectivity index is 1.57. The summed E-state index contributed by atoms with van der Waals surface area (Å²) in [4.78, 5) is 9.77. The standard InChI is InChI=1S/C23H33N5O2/c1-16-6-7-19(29-5)14-20(16)22-18(3)25-28-9-8-21(24-23(22)28)26(4)10-11-27-12-13-30-15-17(27)2/h6-9,14,17-18,25H,10-13,15H2,1-5H3/t17-,18?/m1/s1. The number of ether oxygens (including phenoxy) is 2. The molecule has 3 aliphatic heterocycles. The van der Waals surface area contributed by atoms with E-state index in [0.29, 0.717) is 6.04 Å². The van der Waals surface area contributed by atoms with Gasteiger partial charge in [-0.1, -0.05) is 6.07 Å². The Bertz CT molecular complexity index is 878. The van der Waals surface area contributed by atoms with Crippen molar-refractivity contribution in [3.63, 3.8) is 0 Å².